The second-order valence-corrected chi connectivity index (χ2v) is 5.93. The zero-order chi connectivity index (χ0) is 16.8. The smallest absolute Gasteiger partial charge is 0.100 e. The summed E-state index contributed by atoms with van der Waals surface area (Å²) in [6, 6.07) is 25.2. The predicted octanol–water partition coefficient (Wildman–Crippen LogP) is 5.86. The zero-order valence-corrected chi connectivity index (χ0v) is 14.2. The van der Waals surface area contributed by atoms with E-state index in [0.717, 1.165) is 22.4 Å². The standard InChI is InChI=1S/C20H14Cl2N2/c21-18-12-11-17(19(22)13-18)14-23-24-20(15-7-3-1-4-8-15)16-9-5-2-6-10-16/h1-14H/b23-14-. The molecule has 0 saturated heterocycles. The lowest BCUT2D eigenvalue weighted by molar-refractivity contribution is 1.24. The van der Waals surface area contributed by atoms with Crippen LogP contribution in [-0.4, -0.2) is 11.9 Å². The topological polar surface area (TPSA) is 24.7 Å². The van der Waals surface area contributed by atoms with Crippen LogP contribution < -0.4 is 0 Å². The summed E-state index contributed by atoms with van der Waals surface area (Å²) >= 11 is 12.1. The minimum atomic E-state index is 0.544. The summed E-state index contributed by atoms with van der Waals surface area (Å²) in [6.45, 7) is 0. The van der Waals surface area contributed by atoms with Gasteiger partial charge in [0.15, 0.2) is 0 Å². The van der Waals surface area contributed by atoms with Gasteiger partial charge in [0.25, 0.3) is 0 Å². The molecule has 0 amide bonds. The summed E-state index contributed by atoms with van der Waals surface area (Å²) in [6.07, 6.45) is 1.63. The molecule has 0 aliphatic heterocycles. The molecule has 3 aromatic carbocycles. The van der Waals surface area contributed by atoms with E-state index in [4.69, 9.17) is 23.2 Å². The lowest BCUT2D eigenvalue weighted by atomic mass is 10.0. The first-order chi connectivity index (χ1) is 11.7. The molecule has 0 heterocycles. The molecule has 0 fully saturated rings. The van der Waals surface area contributed by atoms with Gasteiger partial charge >= 0.3 is 0 Å². The molecule has 24 heavy (non-hydrogen) atoms. The number of rotatable bonds is 4. The highest BCUT2D eigenvalue weighted by atomic mass is 35.5. The molecular formula is C20H14Cl2N2. The van der Waals surface area contributed by atoms with Crippen LogP contribution in [0.2, 0.25) is 10.0 Å². The van der Waals surface area contributed by atoms with Crippen LogP contribution in [0.5, 0.6) is 0 Å². The third kappa shape index (κ3) is 4.10. The quantitative estimate of drug-likeness (QED) is 0.414. The molecule has 0 unspecified atom stereocenters. The zero-order valence-electron chi connectivity index (χ0n) is 12.7. The summed E-state index contributed by atoms with van der Waals surface area (Å²) in [5.74, 6) is 0. The average Bonchev–Trinajstić information content (AvgIpc) is 2.62. The van der Waals surface area contributed by atoms with Gasteiger partial charge in [-0.25, -0.2) is 0 Å². The number of nitrogens with zero attached hydrogens (tertiary/aromatic N) is 2. The van der Waals surface area contributed by atoms with Crippen molar-refractivity contribution in [2.24, 2.45) is 10.2 Å². The highest BCUT2D eigenvalue weighted by Crippen LogP contribution is 2.19. The van der Waals surface area contributed by atoms with Crippen molar-refractivity contribution >= 4 is 35.1 Å². The van der Waals surface area contributed by atoms with E-state index in [0.29, 0.717) is 10.0 Å². The Morgan fingerprint density at radius 2 is 1.33 bits per heavy atom. The van der Waals surface area contributed by atoms with Crippen molar-refractivity contribution in [3.05, 3.63) is 106 Å². The van der Waals surface area contributed by atoms with Crippen molar-refractivity contribution in [3.63, 3.8) is 0 Å². The molecule has 3 rings (SSSR count). The molecule has 0 saturated carbocycles. The van der Waals surface area contributed by atoms with Crippen LogP contribution in [0.3, 0.4) is 0 Å². The Bertz CT molecular complexity index is 831. The van der Waals surface area contributed by atoms with Crippen molar-refractivity contribution in [3.8, 4) is 0 Å². The van der Waals surface area contributed by atoms with Crippen LogP contribution in [0.1, 0.15) is 16.7 Å². The highest BCUT2D eigenvalue weighted by Gasteiger charge is 2.06. The Balaban J connectivity index is 1.97. The Kier molecular flexibility index (Phi) is 5.42. The Hall–Kier alpha value is -2.42. The largest absolute Gasteiger partial charge is 0.158 e. The van der Waals surface area contributed by atoms with E-state index in [1.807, 2.05) is 66.7 Å². The molecule has 0 radical (unpaired) electrons. The van der Waals surface area contributed by atoms with Gasteiger partial charge in [-0.2, -0.15) is 5.10 Å². The molecule has 2 nitrogen and oxygen atoms in total. The summed E-state index contributed by atoms with van der Waals surface area (Å²) in [4.78, 5) is 0. The first kappa shape index (κ1) is 16.4. The van der Waals surface area contributed by atoms with E-state index in [9.17, 15) is 0 Å². The van der Waals surface area contributed by atoms with Gasteiger partial charge in [0.05, 0.1) is 11.2 Å². The summed E-state index contributed by atoms with van der Waals surface area (Å²) < 4.78 is 0. The molecule has 0 bridgehead atoms. The third-order valence-corrected chi connectivity index (χ3v) is 3.97. The molecular weight excluding hydrogens is 339 g/mol. The van der Waals surface area contributed by atoms with Crippen LogP contribution in [0.4, 0.5) is 0 Å². The maximum atomic E-state index is 6.15. The van der Waals surface area contributed by atoms with Crippen LogP contribution in [0, 0.1) is 0 Å². The van der Waals surface area contributed by atoms with Gasteiger partial charge in [0.2, 0.25) is 0 Å². The minimum Gasteiger partial charge on any atom is -0.158 e. The van der Waals surface area contributed by atoms with E-state index < -0.39 is 0 Å². The fourth-order valence-electron chi connectivity index (χ4n) is 2.23. The minimum absolute atomic E-state index is 0.544. The lowest BCUT2D eigenvalue weighted by Crippen LogP contribution is -2.02. The van der Waals surface area contributed by atoms with E-state index >= 15 is 0 Å². The van der Waals surface area contributed by atoms with Crippen LogP contribution in [-0.2, 0) is 0 Å². The highest BCUT2D eigenvalue weighted by molar-refractivity contribution is 6.36. The van der Waals surface area contributed by atoms with Gasteiger partial charge in [-0.05, 0) is 12.1 Å². The van der Waals surface area contributed by atoms with Crippen LogP contribution in [0.25, 0.3) is 0 Å². The maximum absolute atomic E-state index is 6.15. The van der Waals surface area contributed by atoms with Gasteiger partial charge in [0, 0.05) is 21.7 Å². The van der Waals surface area contributed by atoms with E-state index in [1.165, 1.54) is 0 Å². The molecule has 0 aliphatic rings. The second-order valence-electron chi connectivity index (χ2n) is 5.09. The SMILES string of the molecule is Clc1ccc(/C=N\N=C(c2ccccc2)c2ccccc2)c(Cl)c1. The molecule has 0 N–H and O–H groups in total. The number of halogens is 2. The van der Waals surface area contributed by atoms with Gasteiger partial charge in [-0.3, -0.25) is 0 Å². The van der Waals surface area contributed by atoms with E-state index in [1.54, 1.807) is 18.3 Å². The van der Waals surface area contributed by atoms with Crippen LogP contribution in [0.15, 0.2) is 89.1 Å². The molecule has 0 spiro atoms. The van der Waals surface area contributed by atoms with E-state index in [-0.39, 0.29) is 0 Å². The second kappa shape index (κ2) is 7.91. The fourth-order valence-corrected chi connectivity index (χ4v) is 2.69. The molecule has 3 aromatic rings. The van der Waals surface area contributed by atoms with E-state index in [2.05, 4.69) is 10.2 Å². The van der Waals surface area contributed by atoms with Gasteiger partial charge in [-0.15, -0.1) is 5.10 Å². The fraction of sp³-hybridized carbons (Fsp3) is 0. The number of hydrogen-bond donors (Lipinski definition) is 0. The molecule has 4 heteroatoms. The molecule has 0 aromatic heterocycles. The first-order valence-electron chi connectivity index (χ1n) is 7.41. The Morgan fingerprint density at radius 1 is 0.750 bits per heavy atom. The average molecular weight is 353 g/mol. The Labute approximate surface area is 151 Å². The molecule has 0 atom stereocenters. The summed E-state index contributed by atoms with van der Waals surface area (Å²) in [5, 5.41) is 9.77. The van der Waals surface area contributed by atoms with Crippen LogP contribution >= 0.6 is 23.2 Å². The predicted molar refractivity (Wildman–Crippen MR) is 103 cm³/mol. The van der Waals surface area contributed by atoms with Crippen molar-refractivity contribution in [2.75, 3.05) is 0 Å². The molecule has 118 valence electrons. The maximum Gasteiger partial charge on any atom is 0.100 e. The number of hydrogen-bond acceptors (Lipinski definition) is 2. The van der Waals surface area contributed by atoms with Crippen molar-refractivity contribution in [1.82, 2.24) is 0 Å². The lowest BCUT2D eigenvalue weighted by Gasteiger charge is -2.05. The van der Waals surface area contributed by atoms with Crippen molar-refractivity contribution < 1.29 is 0 Å². The summed E-state index contributed by atoms with van der Waals surface area (Å²) in [7, 11) is 0. The van der Waals surface area contributed by atoms with Gasteiger partial charge in [0.1, 0.15) is 5.71 Å². The van der Waals surface area contributed by atoms with Crippen molar-refractivity contribution in [1.29, 1.82) is 0 Å². The first-order valence-corrected chi connectivity index (χ1v) is 8.16. The summed E-state index contributed by atoms with van der Waals surface area (Å²) in [5.41, 5.74) is 3.58. The molecule has 0 aliphatic carbocycles. The number of benzene rings is 3. The Morgan fingerprint density at radius 3 is 1.88 bits per heavy atom. The normalized spacial score (nSPS) is 10.8. The van der Waals surface area contributed by atoms with Crippen molar-refractivity contribution in [2.45, 2.75) is 0 Å². The van der Waals surface area contributed by atoms with Gasteiger partial charge < -0.3 is 0 Å². The van der Waals surface area contributed by atoms with Gasteiger partial charge in [-0.1, -0.05) is 89.9 Å². The monoisotopic (exact) mass is 352 g/mol. The third-order valence-electron chi connectivity index (χ3n) is 3.41.